The first-order chi connectivity index (χ1) is 13.2. The molecule has 144 valence electrons. The zero-order valence-corrected chi connectivity index (χ0v) is 15.6. The molecule has 0 radical (unpaired) electrons. The molecule has 2 amide bonds. The Morgan fingerprint density at radius 2 is 1.61 bits per heavy atom. The summed E-state index contributed by atoms with van der Waals surface area (Å²) in [6.07, 6.45) is 0. The van der Waals surface area contributed by atoms with Gasteiger partial charge in [0.15, 0.2) is 0 Å². The van der Waals surface area contributed by atoms with Crippen LogP contribution < -0.4 is 11.1 Å². The first kappa shape index (κ1) is 19.6. The summed E-state index contributed by atoms with van der Waals surface area (Å²) in [4.78, 5) is 23.8. The maximum Gasteiger partial charge on any atom is 0.259 e. The molecular weight excluding hydrogens is 410 g/mol. The number of thiophene rings is 1. The maximum absolute atomic E-state index is 13.8. The average molecular weight is 422 g/mol. The number of hydrogen-bond acceptors (Lipinski definition) is 5. The number of amides is 2. The molecule has 10 heteroatoms. The summed E-state index contributed by atoms with van der Waals surface area (Å²) in [5, 5.41) is 2.18. The van der Waals surface area contributed by atoms with Crippen molar-refractivity contribution < 1.29 is 26.8 Å². The van der Waals surface area contributed by atoms with E-state index in [1.807, 2.05) is 0 Å². The molecule has 3 N–H and O–H groups in total. The van der Waals surface area contributed by atoms with Crippen LogP contribution in [-0.2, 0) is 9.84 Å². The van der Waals surface area contributed by atoms with Gasteiger partial charge in [-0.3, -0.25) is 9.59 Å². The zero-order valence-electron chi connectivity index (χ0n) is 14.0. The lowest BCUT2D eigenvalue weighted by atomic mass is 10.2. The second kappa shape index (κ2) is 7.49. The molecule has 0 saturated carbocycles. The SMILES string of the molecule is NC(=O)c1cc(S(=O)(=O)c2ccc(F)cc2)sc1NC(=O)c1ccccc1F. The van der Waals surface area contributed by atoms with Gasteiger partial charge in [-0.15, -0.1) is 11.3 Å². The number of halogens is 2. The van der Waals surface area contributed by atoms with Gasteiger partial charge in [-0.1, -0.05) is 12.1 Å². The third kappa shape index (κ3) is 3.78. The normalized spacial score (nSPS) is 11.2. The summed E-state index contributed by atoms with van der Waals surface area (Å²) < 4.78 is 52.0. The van der Waals surface area contributed by atoms with Crippen LogP contribution in [0.2, 0.25) is 0 Å². The molecule has 0 bridgehead atoms. The Morgan fingerprint density at radius 3 is 2.21 bits per heavy atom. The van der Waals surface area contributed by atoms with Gasteiger partial charge < -0.3 is 11.1 Å². The summed E-state index contributed by atoms with van der Waals surface area (Å²) in [6.45, 7) is 0. The molecule has 0 aliphatic heterocycles. The van der Waals surface area contributed by atoms with Gasteiger partial charge >= 0.3 is 0 Å². The minimum Gasteiger partial charge on any atom is -0.366 e. The second-order valence-electron chi connectivity index (χ2n) is 5.56. The highest BCUT2D eigenvalue weighted by Gasteiger charge is 2.26. The van der Waals surface area contributed by atoms with Crippen LogP contribution in [0.15, 0.2) is 63.7 Å². The maximum atomic E-state index is 13.8. The summed E-state index contributed by atoms with van der Waals surface area (Å²) in [5.41, 5.74) is 4.75. The minimum atomic E-state index is -4.08. The molecule has 3 aromatic rings. The van der Waals surface area contributed by atoms with Gasteiger partial charge in [-0.2, -0.15) is 0 Å². The van der Waals surface area contributed by atoms with E-state index in [1.54, 1.807) is 0 Å². The van der Waals surface area contributed by atoms with Crippen LogP contribution in [0.25, 0.3) is 0 Å². The highest BCUT2D eigenvalue weighted by Crippen LogP contribution is 2.35. The van der Waals surface area contributed by atoms with Crippen LogP contribution in [0.4, 0.5) is 13.8 Å². The van der Waals surface area contributed by atoms with Crippen LogP contribution in [-0.4, -0.2) is 20.2 Å². The van der Waals surface area contributed by atoms with Crippen molar-refractivity contribution in [2.45, 2.75) is 9.10 Å². The summed E-state index contributed by atoms with van der Waals surface area (Å²) in [5.74, 6) is -3.23. The molecule has 0 spiro atoms. The zero-order chi connectivity index (χ0) is 20.5. The van der Waals surface area contributed by atoms with E-state index in [1.165, 1.54) is 18.2 Å². The Kier molecular flexibility index (Phi) is 5.25. The van der Waals surface area contributed by atoms with E-state index in [2.05, 4.69) is 5.32 Å². The van der Waals surface area contributed by atoms with Gasteiger partial charge in [0.2, 0.25) is 9.84 Å². The number of benzene rings is 2. The monoisotopic (exact) mass is 422 g/mol. The molecule has 0 saturated heterocycles. The number of carbonyl (C=O) groups is 2. The Bertz CT molecular complexity index is 1170. The van der Waals surface area contributed by atoms with Crippen LogP contribution in [0.3, 0.4) is 0 Å². The number of rotatable bonds is 5. The number of sulfone groups is 1. The highest BCUT2D eigenvalue weighted by molar-refractivity contribution is 7.93. The predicted molar refractivity (Wildman–Crippen MR) is 99.0 cm³/mol. The molecule has 0 fully saturated rings. The van der Waals surface area contributed by atoms with Gasteiger partial charge in [0.05, 0.1) is 16.0 Å². The van der Waals surface area contributed by atoms with Crippen molar-refractivity contribution in [3.63, 3.8) is 0 Å². The lowest BCUT2D eigenvalue weighted by Crippen LogP contribution is -2.17. The fourth-order valence-electron chi connectivity index (χ4n) is 2.32. The Morgan fingerprint density at radius 1 is 0.964 bits per heavy atom. The Balaban J connectivity index is 2.01. The van der Waals surface area contributed by atoms with Crippen LogP contribution >= 0.6 is 11.3 Å². The Labute approximate surface area is 162 Å². The van der Waals surface area contributed by atoms with E-state index in [9.17, 15) is 26.8 Å². The van der Waals surface area contributed by atoms with Crippen molar-refractivity contribution >= 4 is 38.0 Å². The van der Waals surface area contributed by atoms with Crippen molar-refractivity contribution in [1.29, 1.82) is 0 Å². The van der Waals surface area contributed by atoms with Crippen molar-refractivity contribution in [2.75, 3.05) is 5.32 Å². The van der Waals surface area contributed by atoms with Gasteiger partial charge in [0.1, 0.15) is 20.8 Å². The minimum absolute atomic E-state index is 0.138. The fourth-order valence-corrected chi connectivity index (χ4v) is 5.09. The lowest BCUT2D eigenvalue weighted by Gasteiger charge is -2.05. The smallest absolute Gasteiger partial charge is 0.259 e. The predicted octanol–water partition coefficient (Wildman–Crippen LogP) is 3.21. The molecule has 3 rings (SSSR count). The van der Waals surface area contributed by atoms with Gasteiger partial charge in [-0.05, 0) is 42.5 Å². The second-order valence-corrected chi connectivity index (χ2v) is 8.79. The van der Waals surface area contributed by atoms with Gasteiger partial charge in [0, 0.05) is 0 Å². The van der Waals surface area contributed by atoms with Crippen molar-refractivity contribution in [3.8, 4) is 0 Å². The largest absolute Gasteiger partial charge is 0.366 e. The average Bonchev–Trinajstić information content (AvgIpc) is 3.07. The fraction of sp³-hybridized carbons (Fsp3) is 0. The van der Waals surface area contributed by atoms with E-state index in [4.69, 9.17) is 5.73 Å². The molecule has 0 aliphatic carbocycles. The number of carbonyl (C=O) groups excluding carboxylic acids is 2. The first-order valence-corrected chi connectivity index (χ1v) is 10.0. The third-order valence-corrected chi connectivity index (χ3v) is 7.00. The molecule has 1 heterocycles. The Hall–Kier alpha value is -3.11. The number of nitrogens with two attached hydrogens (primary N) is 1. The van der Waals surface area contributed by atoms with Crippen LogP contribution in [0.1, 0.15) is 20.7 Å². The summed E-state index contributed by atoms with van der Waals surface area (Å²) >= 11 is 0.586. The van der Waals surface area contributed by atoms with E-state index in [0.717, 1.165) is 36.4 Å². The number of primary amides is 1. The van der Waals surface area contributed by atoms with Crippen LogP contribution in [0.5, 0.6) is 0 Å². The molecule has 28 heavy (non-hydrogen) atoms. The van der Waals surface area contributed by atoms with Gasteiger partial charge in [0.25, 0.3) is 11.8 Å². The van der Waals surface area contributed by atoms with Crippen molar-refractivity contribution in [3.05, 3.63) is 77.4 Å². The van der Waals surface area contributed by atoms with Crippen LogP contribution in [0, 0.1) is 11.6 Å². The quantitative estimate of drug-likeness (QED) is 0.616. The summed E-state index contributed by atoms with van der Waals surface area (Å²) in [6, 6.07) is 10.3. The lowest BCUT2D eigenvalue weighted by molar-refractivity contribution is 0.100. The van der Waals surface area contributed by atoms with Crippen molar-refractivity contribution in [1.82, 2.24) is 0 Å². The first-order valence-electron chi connectivity index (χ1n) is 7.70. The van der Waals surface area contributed by atoms with Crippen molar-refractivity contribution in [2.24, 2.45) is 5.73 Å². The number of hydrogen-bond donors (Lipinski definition) is 2. The van der Waals surface area contributed by atoms with E-state index >= 15 is 0 Å². The van der Waals surface area contributed by atoms with E-state index < -0.39 is 33.3 Å². The molecule has 6 nitrogen and oxygen atoms in total. The van der Waals surface area contributed by atoms with E-state index in [0.29, 0.717) is 11.3 Å². The number of anilines is 1. The molecular formula is C18H12F2N2O4S2. The van der Waals surface area contributed by atoms with Gasteiger partial charge in [-0.25, -0.2) is 17.2 Å². The molecule has 0 unspecified atom stereocenters. The molecule has 1 aromatic heterocycles. The number of nitrogens with one attached hydrogen (secondary N) is 1. The summed E-state index contributed by atoms with van der Waals surface area (Å²) in [7, 11) is -4.08. The molecule has 0 aliphatic rings. The third-order valence-electron chi connectivity index (χ3n) is 3.71. The topological polar surface area (TPSA) is 106 Å². The molecule has 2 aromatic carbocycles. The molecule has 0 atom stereocenters. The van der Waals surface area contributed by atoms with E-state index in [-0.39, 0.29) is 25.2 Å². The standard InChI is InChI=1S/C18H12F2N2O4S2/c19-10-5-7-11(8-6-10)28(25,26)15-9-13(16(21)23)18(27-15)22-17(24)12-3-1-2-4-14(12)20/h1-9H,(H2,21,23)(H,22,24). The highest BCUT2D eigenvalue weighted by atomic mass is 32.2.